The lowest BCUT2D eigenvalue weighted by Crippen LogP contribution is -2.02. The molecule has 5 aromatic rings. The van der Waals surface area contributed by atoms with Crippen LogP contribution in [0.3, 0.4) is 0 Å². The minimum atomic E-state index is -0.166. The van der Waals surface area contributed by atoms with Crippen LogP contribution >= 0.6 is 0 Å². The molecule has 0 saturated heterocycles. The fourth-order valence-corrected chi connectivity index (χ4v) is 4.64. The standard InChI is InChI=1S/C30H12N8/c1-34-25(16-33)26-22-13-18(20-10-6-5-9-19(20)17-7-3-2-4-8-17)11-12-21(22)27-28(26)38-30-29(37-27)35-23(14-31)24(15-32)36-30/h2-13H/b26-25+. The van der Waals surface area contributed by atoms with Crippen LogP contribution in [-0.2, 0) is 0 Å². The molecule has 0 saturated carbocycles. The van der Waals surface area contributed by atoms with E-state index >= 15 is 0 Å². The van der Waals surface area contributed by atoms with Gasteiger partial charge >= 0.3 is 0 Å². The zero-order valence-electron chi connectivity index (χ0n) is 19.5. The number of benzene rings is 3. The van der Waals surface area contributed by atoms with Crippen molar-refractivity contribution in [3.05, 3.63) is 113 Å². The Hall–Kier alpha value is -6.22. The average molecular weight is 484 g/mol. The Labute approximate surface area is 216 Å². The lowest BCUT2D eigenvalue weighted by Gasteiger charge is -2.12. The topological polar surface area (TPSA) is 127 Å². The lowest BCUT2D eigenvalue weighted by atomic mass is 9.92. The predicted molar refractivity (Wildman–Crippen MR) is 139 cm³/mol. The van der Waals surface area contributed by atoms with Crippen molar-refractivity contribution in [2.75, 3.05) is 0 Å². The van der Waals surface area contributed by atoms with E-state index in [1.54, 1.807) is 0 Å². The Morgan fingerprint density at radius 2 is 1.24 bits per heavy atom. The summed E-state index contributed by atoms with van der Waals surface area (Å²) < 4.78 is 0. The second kappa shape index (κ2) is 8.77. The van der Waals surface area contributed by atoms with Gasteiger partial charge in [0.2, 0.25) is 0 Å². The van der Waals surface area contributed by atoms with E-state index in [4.69, 9.17) is 6.57 Å². The van der Waals surface area contributed by atoms with E-state index in [1.807, 2.05) is 84.9 Å². The van der Waals surface area contributed by atoms with Crippen LogP contribution in [0.1, 0.15) is 22.6 Å². The van der Waals surface area contributed by atoms with Gasteiger partial charge in [0.05, 0.1) is 24.0 Å². The smallest absolute Gasteiger partial charge is 0.226 e. The first-order valence-electron chi connectivity index (χ1n) is 11.4. The van der Waals surface area contributed by atoms with Crippen molar-refractivity contribution in [1.29, 1.82) is 15.8 Å². The predicted octanol–water partition coefficient (Wildman–Crippen LogP) is 5.68. The molecule has 0 amide bonds. The first-order chi connectivity index (χ1) is 18.7. The van der Waals surface area contributed by atoms with Crippen molar-refractivity contribution in [3.63, 3.8) is 0 Å². The fourth-order valence-electron chi connectivity index (χ4n) is 4.64. The van der Waals surface area contributed by atoms with Crippen molar-refractivity contribution in [3.8, 4) is 51.7 Å². The monoisotopic (exact) mass is 484 g/mol. The van der Waals surface area contributed by atoms with Crippen molar-refractivity contribution in [1.82, 2.24) is 19.9 Å². The molecule has 0 fully saturated rings. The van der Waals surface area contributed by atoms with Crippen LogP contribution in [0, 0.1) is 40.6 Å². The molecule has 8 nitrogen and oxygen atoms in total. The number of nitriles is 3. The highest BCUT2D eigenvalue weighted by Gasteiger charge is 2.31. The maximum Gasteiger partial charge on any atom is 0.271 e. The molecule has 1 aliphatic rings. The Bertz CT molecular complexity index is 2000. The van der Waals surface area contributed by atoms with E-state index in [-0.39, 0.29) is 28.4 Å². The van der Waals surface area contributed by atoms with Crippen LogP contribution in [-0.4, -0.2) is 19.9 Å². The number of aromatic nitrogens is 4. The van der Waals surface area contributed by atoms with E-state index in [1.165, 1.54) is 0 Å². The van der Waals surface area contributed by atoms with Crippen LogP contribution in [0.25, 0.3) is 55.2 Å². The van der Waals surface area contributed by atoms with E-state index in [9.17, 15) is 15.8 Å². The van der Waals surface area contributed by atoms with Gasteiger partial charge in [-0.3, -0.25) is 0 Å². The lowest BCUT2D eigenvalue weighted by molar-refractivity contribution is 1.11. The van der Waals surface area contributed by atoms with Gasteiger partial charge in [0.25, 0.3) is 5.70 Å². The van der Waals surface area contributed by atoms with Gasteiger partial charge in [0.1, 0.15) is 12.1 Å². The molecule has 2 heterocycles. The number of allylic oxidation sites excluding steroid dienone is 1. The van der Waals surface area contributed by atoms with E-state index in [0.717, 1.165) is 22.3 Å². The van der Waals surface area contributed by atoms with E-state index < -0.39 is 0 Å². The summed E-state index contributed by atoms with van der Waals surface area (Å²) in [6.07, 6.45) is 0. The van der Waals surface area contributed by atoms with Crippen LogP contribution in [0.5, 0.6) is 0 Å². The molecule has 6 rings (SSSR count). The molecule has 2 aromatic heterocycles. The van der Waals surface area contributed by atoms with Gasteiger partial charge in [-0.1, -0.05) is 66.7 Å². The maximum absolute atomic E-state index is 9.80. The normalized spacial score (nSPS) is 12.4. The Kier molecular flexibility index (Phi) is 5.14. The molecule has 1 aliphatic carbocycles. The molecular formula is C30H12N8. The summed E-state index contributed by atoms with van der Waals surface area (Å²) in [7, 11) is 0. The summed E-state index contributed by atoms with van der Waals surface area (Å²) in [5.74, 6) is 0. The second-order valence-electron chi connectivity index (χ2n) is 8.33. The van der Waals surface area contributed by atoms with Gasteiger partial charge in [-0.05, 0) is 33.9 Å². The Morgan fingerprint density at radius 1 is 0.632 bits per heavy atom. The van der Waals surface area contributed by atoms with Crippen molar-refractivity contribution >= 4 is 16.9 Å². The molecular weight excluding hydrogens is 472 g/mol. The van der Waals surface area contributed by atoms with Gasteiger partial charge in [-0.25, -0.2) is 30.0 Å². The average Bonchev–Trinajstić information content (AvgIpc) is 3.28. The Morgan fingerprint density at radius 3 is 1.84 bits per heavy atom. The molecule has 0 bridgehead atoms. The second-order valence-corrected chi connectivity index (χ2v) is 8.33. The van der Waals surface area contributed by atoms with Crippen molar-refractivity contribution < 1.29 is 0 Å². The SMILES string of the molecule is [C-]#[N+]/C(C#N)=C1\c2cc(-c3ccccc3-c3ccccc3)ccc2-c2nc3nc(C#N)c(C#N)nc3nc21. The molecule has 172 valence electrons. The maximum atomic E-state index is 9.80. The zero-order chi connectivity index (χ0) is 26.2. The van der Waals surface area contributed by atoms with Gasteiger partial charge in [-0.2, -0.15) is 10.5 Å². The molecule has 0 unspecified atom stereocenters. The number of rotatable bonds is 2. The van der Waals surface area contributed by atoms with Gasteiger partial charge in [0.15, 0.2) is 22.7 Å². The zero-order valence-corrected chi connectivity index (χ0v) is 19.5. The quantitative estimate of drug-likeness (QED) is 0.228. The van der Waals surface area contributed by atoms with E-state index in [0.29, 0.717) is 28.1 Å². The summed E-state index contributed by atoms with van der Waals surface area (Å²) in [6.45, 7) is 7.64. The number of hydrogen-bond donors (Lipinski definition) is 0. The molecule has 0 radical (unpaired) electrons. The summed E-state index contributed by atoms with van der Waals surface area (Å²) in [5, 5.41) is 28.5. The van der Waals surface area contributed by atoms with Gasteiger partial charge in [0, 0.05) is 11.1 Å². The molecule has 8 heteroatoms. The number of nitrogens with zero attached hydrogens (tertiary/aromatic N) is 8. The molecule has 3 aromatic carbocycles. The summed E-state index contributed by atoms with van der Waals surface area (Å²) in [4.78, 5) is 21.0. The summed E-state index contributed by atoms with van der Waals surface area (Å²) >= 11 is 0. The highest BCUT2D eigenvalue weighted by Crippen LogP contribution is 2.46. The highest BCUT2D eigenvalue weighted by atomic mass is 15.0. The third-order valence-corrected chi connectivity index (χ3v) is 6.29. The summed E-state index contributed by atoms with van der Waals surface area (Å²) in [5.41, 5.74) is 6.15. The minimum absolute atomic E-state index is 0.0570. The largest absolute Gasteiger partial charge is 0.271 e. The van der Waals surface area contributed by atoms with Crippen LogP contribution in [0.4, 0.5) is 0 Å². The minimum Gasteiger partial charge on any atom is -0.226 e. The van der Waals surface area contributed by atoms with E-state index in [2.05, 4.69) is 30.8 Å². The van der Waals surface area contributed by atoms with Crippen molar-refractivity contribution in [2.45, 2.75) is 0 Å². The van der Waals surface area contributed by atoms with Gasteiger partial charge in [-0.15, -0.1) is 0 Å². The van der Waals surface area contributed by atoms with Gasteiger partial charge < -0.3 is 0 Å². The molecule has 0 atom stereocenters. The molecule has 0 aliphatic heterocycles. The third-order valence-electron chi connectivity index (χ3n) is 6.29. The summed E-state index contributed by atoms with van der Waals surface area (Å²) in [6, 6.07) is 29.5. The fraction of sp³-hybridized carbons (Fsp3) is 0. The third kappa shape index (κ3) is 3.35. The molecule has 38 heavy (non-hydrogen) atoms. The first kappa shape index (κ1) is 22.3. The molecule has 0 N–H and O–H groups in total. The molecule has 0 spiro atoms. The van der Waals surface area contributed by atoms with Crippen LogP contribution in [0.2, 0.25) is 0 Å². The van der Waals surface area contributed by atoms with Crippen LogP contribution < -0.4 is 0 Å². The first-order valence-corrected chi connectivity index (χ1v) is 11.4. The van der Waals surface area contributed by atoms with Crippen molar-refractivity contribution in [2.24, 2.45) is 0 Å². The van der Waals surface area contributed by atoms with Crippen LogP contribution in [0.15, 0.2) is 78.5 Å². The Balaban J connectivity index is 1.62. The number of hydrogen-bond acceptors (Lipinski definition) is 7. The number of fused-ring (bicyclic) bond motifs is 4. The highest BCUT2D eigenvalue weighted by molar-refractivity contribution is 6.03.